The van der Waals surface area contributed by atoms with E-state index < -0.39 is 0 Å². The zero-order valence-electron chi connectivity index (χ0n) is 11.0. The van der Waals surface area contributed by atoms with E-state index in [9.17, 15) is 0 Å². The number of benzene rings is 1. The molecule has 96 valence electrons. The monoisotopic (exact) mass is 237 g/mol. The first kappa shape index (κ1) is 14.0. The molecule has 3 heteroatoms. The number of para-hydroxylation sites is 1. The molecule has 0 heterocycles. The smallest absolute Gasteiger partial charge is 0.123 e. The Hall–Kier alpha value is -1.06. The predicted molar refractivity (Wildman–Crippen MR) is 70.4 cm³/mol. The fraction of sp³-hybridized carbons (Fsp3) is 0.571. The Balaban J connectivity index is 2.64. The van der Waals surface area contributed by atoms with Crippen LogP contribution < -0.4 is 4.74 Å². The Labute approximate surface area is 104 Å². The molecule has 1 aromatic rings. The summed E-state index contributed by atoms with van der Waals surface area (Å²) in [5.74, 6) is 0.939. The maximum absolute atomic E-state index is 8.78. The Morgan fingerprint density at radius 2 is 2.00 bits per heavy atom. The third-order valence-corrected chi connectivity index (χ3v) is 3.17. The van der Waals surface area contributed by atoms with Gasteiger partial charge in [0.05, 0.1) is 7.11 Å². The van der Waals surface area contributed by atoms with Gasteiger partial charge in [-0.1, -0.05) is 18.2 Å². The zero-order chi connectivity index (χ0) is 12.7. The van der Waals surface area contributed by atoms with Gasteiger partial charge >= 0.3 is 0 Å². The number of methoxy groups -OCH3 is 1. The average Bonchev–Trinajstić information content (AvgIpc) is 2.38. The van der Waals surface area contributed by atoms with Gasteiger partial charge in [0, 0.05) is 18.2 Å². The summed E-state index contributed by atoms with van der Waals surface area (Å²) in [5.41, 5.74) is 1.21. The van der Waals surface area contributed by atoms with Crippen LogP contribution in [0.15, 0.2) is 24.3 Å². The molecule has 0 aromatic heterocycles. The van der Waals surface area contributed by atoms with Crippen molar-refractivity contribution in [2.24, 2.45) is 0 Å². The third kappa shape index (κ3) is 4.02. The number of hydrogen-bond donors (Lipinski definition) is 1. The van der Waals surface area contributed by atoms with Crippen LogP contribution >= 0.6 is 0 Å². The lowest BCUT2D eigenvalue weighted by molar-refractivity contribution is 0.230. The van der Waals surface area contributed by atoms with E-state index in [0.717, 1.165) is 25.1 Å². The second-order valence-electron chi connectivity index (χ2n) is 4.33. The van der Waals surface area contributed by atoms with Crippen molar-refractivity contribution < 1.29 is 9.84 Å². The maximum atomic E-state index is 8.78. The van der Waals surface area contributed by atoms with Crippen LogP contribution in [0.3, 0.4) is 0 Å². The van der Waals surface area contributed by atoms with Crippen LogP contribution in [0.5, 0.6) is 5.75 Å². The zero-order valence-corrected chi connectivity index (χ0v) is 11.0. The molecule has 0 amide bonds. The average molecular weight is 237 g/mol. The summed E-state index contributed by atoms with van der Waals surface area (Å²) in [5, 5.41) is 8.78. The third-order valence-electron chi connectivity index (χ3n) is 3.17. The van der Waals surface area contributed by atoms with E-state index in [1.165, 1.54) is 5.56 Å². The van der Waals surface area contributed by atoms with Gasteiger partial charge in [-0.25, -0.2) is 0 Å². The normalized spacial score (nSPS) is 12.8. The maximum Gasteiger partial charge on any atom is 0.123 e. The number of rotatable bonds is 7. The predicted octanol–water partition coefficient (Wildman–Crippen LogP) is 2.46. The number of unbranched alkanes of at least 4 members (excludes halogenated alkanes) is 1. The van der Waals surface area contributed by atoms with Crippen molar-refractivity contribution in [3.05, 3.63) is 29.8 Å². The van der Waals surface area contributed by atoms with Gasteiger partial charge in [0.25, 0.3) is 0 Å². The molecular formula is C14H23NO2. The number of nitrogens with zero attached hydrogens (tertiary/aromatic N) is 1. The van der Waals surface area contributed by atoms with Crippen molar-refractivity contribution in [1.29, 1.82) is 0 Å². The molecule has 0 radical (unpaired) electrons. The van der Waals surface area contributed by atoms with Gasteiger partial charge in [-0.15, -0.1) is 0 Å². The molecule has 3 nitrogen and oxygen atoms in total. The van der Waals surface area contributed by atoms with Gasteiger partial charge in [-0.2, -0.15) is 0 Å². The number of aliphatic hydroxyl groups excluding tert-OH is 1. The van der Waals surface area contributed by atoms with E-state index in [-0.39, 0.29) is 6.61 Å². The molecule has 0 aliphatic heterocycles. The Morgan fingerprint density at radius 1 is 1.29 bits per heavy atom. The molecule has 1 N–H and O–H groups in total. The van der Waals surface area contributed by atoms with Gasteiger partial charge in [0.15, 0.2) is 0 Å². The number of ether oxygens (including phenoxy) is 1. The molecule has 0 aliphatic carbocycles. The molecule has 0 bridgehead atoms. The van der Waals surface area contributed by atoms with Crippen LogP contribution in [-0.4, -0.2) is 37.3 Å². The quantitative estimate of drug-likeness (QED) is 0.739. The molecule has 0 aliphatic rings. The Bertz CT molecular complexity index is 328. The molecule has 1 unspecified atom stereocenters. The second kappa shape index (κ2) is 7.30. The Morgan fingerprint density at radius 3 is 2.65 bits per heavy atom. The van der Waals surface area contributed by atoms with Gasteiger partial charge in [0.2, 0.25) is 0 Å². The van der Waals surface area contributed by atoms with Crippen molar-refractivity contribution in [3.63, 3.8) is 0 Å². The largest absolute Gasteiger partial charge is 0.496 e. The van der Waals surface area contributed by atoms with Crippen LogP contribution in [-0.2, 0) is 0 Å². The summed E-state index contributed by atoms with van der Waals surface area (Å²) in [7, 11) is 3.81. The first-order valence-electron chi connectivity index (χ1n) is 6.14. The van der Waals surface area contributed by atoms with Crippen molar-refractivity contribution >= 4 is 0 Å². The first-order valence-corrected chi connectivity index (χ1v) is 6.14. The van der Waals surface area contributed by atoms with E-state index in [4.69, 9.17) is 9.84 Å². The molecule has 1 rings (SSSR count). The van der Waals surface area contributed by atoms with Crippen molar-refractivity contribution in [2.75, 3.05) is 27.3 Å². The summed E-state index contributed by atoms with van der Waals surface area (Å²) >= 11 is 0. The molecular weight excluding hydrogens is 214 g/mol. The van der Waals surface area contributed by atoms with Crippen molar-refractivity contribution in [1.82, 2.24) is 4.90 Å². The summed E-state index contributed by atoms with van der Waals surface area (Å²) in [6, 6.07) is 8.45. The summed E-state index contributed by atoms with van der Waals surface area (Å²) in [6.45, 7) is 3.44. The van der Waals surface area contributed by atoms with Crippen LogP contribution in [0.4, 0.5) is 0 Å². The van der Waals surface area contributed by atoms with Gasteiger partial charge in [-0.05, 0) is 39.4 Å². The molecule has 17 heavy (non-hydrogen) atoms. The highest BCUT2D eigenvalue weighted by Crippen LogP contribution is 2.27. The standard InChI is InChI=1S/C14H23NO2/c1-12(15(2)10-6-7-11-16)13-8-4-5-9-14(13)17-3/h4-5,8-9,12,16H,6-7,10-11H2,1-3H3. The van der Waals surface area contributed by atoms with E-state index in [1.807, 2.05) is 18.2 Å². The lowest BCUT2D eigenvalue weighted by Crippen LogP contribution is -2.24. The molecule has 0 saturated carbocycles. The first-order chi connectivity index (χ1) is 8.20. The summed E-state index contributed by atoms with van der Waals surface area (Å²) < 4.78 is 5.38. The van der Waals surface area contributed by atoms with Crippen molar-refractivity contribution in [2.45, 2.75) is 25.8 Å². The molecule has 0 fully saturated rings. The van der Waals surface area contributed by atoms with Crippen molar-refractivity contribution in [3.8, 4) is 5.75 Å². The minimum Gasteiger partial charge on any atom is -0.496 e. The lowest BCUT2D eigenvalue weighted by Gasteiger charge is -2.26. The van der Waals surface area contributed by atoms with E-state index in [0.29, 0.717) is 6.04 Å². The Kier molecular flexibility index (Phi) is 6.01. The van der Waals surface area contributed by atoms with Crippen LogP contribution in [0.1, 0.15) is 31.4 Å². The van der Waals surface area contributed by atoms with Crippen LogP contribution in [0, 0.1) is 0 Å². The number of hydrogen-bond acceptors (Lipinski definition) is 3. The van der Waals surface area contributed by atoms with Crippen LogP contribution in [0.2, 0.25) is 0 Å². The second-order valence-corrected chi connectivity index (χ2v) is 4.33. The molecule has 0 saturated heterocycles. The highest BCUT2D eigenvalue weighted by atomic mass is 16.5. The van der Waals surface area contributed by atoms with Gasteiger partial charge in [-0.3, -0.25) is 4.90 Å². The van der Waals surface area contributed by atoms with Gasteiger partial charge in [0.1, 0.15) is 5.75 Å². The SMILES string of the molecule is COc1ccccc1C(C)N(C)CCCCO. The van der Waals surface area contributed by atoms with E-state index >= 15 is 0 Å². The molecule has 0 spiro atoms. The number of aliphatic hydroxyl groups is 1. The topological polar surface area (TPSA) is 32.7 Å². The summed E-state index contributed by atoms with van der Waals surface area (Å²) in [4.78, 5) is 2.29. The molecule has 1 aromatic carbocycles. The fourth-order valence-corrected chi connectivity index (χ4v) is 1.92. The van der Waals surface area contributed by atoms with Crippen LogP contribution in [0.25, 0.3) is 0 Å². The highest BCUT2D eigenvalue weighted by Gasteiger charge is 2.14. The lowest BCUT2D eigenvalue weighted by atomic mass is 10.1. The molecule has 1 atom stereocenters. The van der Waals surface area contributed by atoms with E-state index in [2.05, 4.69) is 24.9 Å². The van der Waals surface area contributed by atoms with Gasteiger partial charge < -0.3 is 9.84 Å². The minimum atomic E-state index is 0.275. The highest BCUT2D eigenvalue weighted by molar-refractivity contribution is 5.35. The van der Waals surface area contributed by atoms with E-state index in [1.54, 1.807) is 7.11 Å². The minimum absolute atomic E-state index is 0.275. The summed E-state index contributed by atoms with van der Waals surface area (Å²) in [6.07, 6.45) is 1.88. The fourth-order valence-electron chi connectivity index (χ4n) is 1.92.